The molecule has 0 radical (unpaired) electrons. The van der Waals surface area contributed by atoms with Crippen molar-refractivity contribution >= 4 is 45.3 Å². The molecule has 0 unspecified atom stereocenters. The third-order valence-electron chi connectivity index (χ3n) is 5.17. The van der Waals surface area contributed by atoms with Crippen LogP contribution in [0.15, 0.2) is 50.8 Å². The number of aromatic nitrogens is 3. The Morgan fingerprint density at radius 1 is 1.26 bits per heavy atom. The van der Waals surface area contributed by atoms with Gasteiger partial charge in [-0.2, -0.15) is 0 Å². The number of H-pyrrole nitrogens is 1. The maximum absolute atomic E-state index is 13.3. The van der Waals surface area contributed by atoms with E-state index < -0.39 is 12.1 Å². The summed E-state index contributed by atoms with van der Waals surface area (Å²) in [5.41, 5.74) is 1.46. The molecular formula is C23H22BrN4O5S+. The minimum Gasteiger partial charge on any atom is -0.493 e. The number of nitrogens with zero attached hydrogens (tertiary/aromatic N) is 3. The number of anilines is 1. The van der Waals surface area contributed by atoms with Gasteiger partial charge >= 0.3 is 17.2 Å². The number of rotatable bonds is 5. The van der Waals surface area contributed by atoms with Crippen molar-refractivity contribution in [1.82, 2.24) is 10.1 Å². The number of fused-ring (bicyclic) bond motifs is 3. The highest BCUT2D eigenvalue weighted by Gasteiger charge is 2.47. The van der Waals surface area contributed by atoms with Crippen LogP contribution in [0, 0.1) is 0 Å². The zero-order valence-electron chi connectivity index (χ0n) is 18.9. The van der Waals surface area contributed by atoms with Crippen LogP contribution in [0.25, 0.3) is 11.3 Å². The Bertz CT molecular complexity index is 1360. The average Bonchev–Trinajstić information content (AvgIpc) is 2.78. The van der Waals surface area contributed by atoms with Gasteiger partial charge in [-0.3, -0.25) is 19.4 Å². The van der Waals surface area contributed by atoms with E-state index in [0.717, 1.165) is 0 Å². The Kier molecular flexibility index (Phi) is 6.76. The number of para-hydroxylation sites is 1. The highest BCUT2D eigenvalue weighted by molar-refractivity contribution is 9.10. The van der Waals surface area contributed by atoms with Crippen molar-refractivity contribution in [2.75, 3.05) is 17.8 Å². The van der Waals surface area contributed by atoms with Gasteiger partial charge in [-0.1, -0.05) is 46.7 Å². The number of benzene rings is 2. The number of carbonyl (C=O) groups is 2. The van der Waals surface area contributed by atoms with Crippen LogP contribution in [0.3, 0.4) is 0 Å². The number of nitrogens with one attached hydrogen (secondary N) is 1. The molecule has 1 N–H and O–H groups in total. The maximum Gasteiger partial charge on any atom is 0.325 e. The van der Waals surface area contributed by atoms with Crippen LogP contribution in [-0.4, -0.2) is 34.8 Å². The monoisotopic (exact) mass is 545 g/mol. The molecule has 3 aromatic rings. The fourth-order valence-corrected chi connectivity index (χ4v) is 5.02. The minimum absolute atomic E-state index is 0.138. The Labute approximate surface area is 208 Å². The molecule has 1 aliphatic rings. The molecule has 0 fully saturated rings. The van der Waals surface area contributed by atoms with Gasteiger partial charge in [0, 0.05) is 23.4 Å². The van der Waals surface area contributed by atoms with Gasteiger partial charge < -0.3 is 9.47 Å². The maximum atomic E-state index is 13.3. The van der Waals surface area contributed by atoms with E-state index in [4.69, 9.17) is 14.6 Å². The van der Waals surface area contributed by atoms with Gasteiger partial charge in [0.25, 0.3) is 6.17 Å². The zero-order valence-corrected chi connectivity index (χ0v) is 21.3. The molecule has 11 heteroatoms. The topological polar surface area (TPSA) is 105 Å². The normalized spacial score (nSPS) is 14.3. The van der Waals surface area contributed by atoms with E-state index >= 15 is 0 Å². The SMILES string of the molecule is CCSc1n[n+]2c(c(=O)[nH]1)-c1ccccc1N(C(C)=O)[C@@H]2c1cc(Br)cc(OC)c1OC(C)=O. The van der Waals surface area contributed by atoms with Crippen molar-refractivity contribution in [3.63, 3.8) is 0 Å². The van der Waals surface area contributed by atoms with Crippen LogP contribution in [0.2, 0.25) is 0 Å². The van der Waals surface area contributed by atoms with Crippen LogP contribution >= 0.6 is 27.7 Å². The molecule has 0 spiro atoms. The zero-order chi connectivity index (χ0) is 24.6. The number of thioether (sulfide) groups is 1. The van der Waals surface area contributed by atoms with E-state index in [-0.39, 0.29) is 28.7 Å². The van der Waals surface area contributed by atoms with Crippen molar-refractivity contribution in [1.29, 1.82) is 0 Å². The second-order valence-corrected chi connectivity index (χ2v) is 9.55. The predicted octanol–water partition coefficient (Wildman–Crippen LogP) is 3.45. The summed E-state index contributed by atoms with van der Waals surface area (Å²) >= 11 is 4.84. The van der Waals surface area contributed by atoms with Crippen LogP contribution in [-0.2, 0) is 9.59 Å². The smallest absolute Gasteiger partial charge is 0.325 e. The van der Waals surface area contributed by atoms with Gasteiger partial charge in [0.1, 0.15) is 0 Å². The first-order chi connectivity index (χ1) is 16.3. The lowest BCUT2D eigenvalue weighted by atomic mass is 10.0. The number of ether oxygens (including phenoxy) is 2. The second-order valence-electron chi connectivity index (χ2n) is 7.39. The third-order valence-corrected chi connectivity index (χ3v) is 6.37. The molecule has 4 rings (SSSR count). The average molecular weight is 546 g/mol. The van der Waals surface area contributed by atoms with Gasteiger partial charge in [-0.15, -0.1) is 0 Å². The largest absolute Gasteiger partial charge is 0.493 e. The van der Waals surface area contributed by atoms with E-state index in [1.165, 1.54) is 42.3 Å². The molecule has 2 aromatic carbocycles. The van der Waals surface area contributed by atoms with Gasteiger partial charge in [0.15, 0.2) is 11.5 Å². The highest BCUT2D eigenvalue weighted by Crippen LogP contribution is 2.44. The lowest BCUT2D eigenvalue weighted by Crippen LogP contribution is -2.60. The summed E-state index contributed by atoms with van der Waals surface area (Å²) in [4.78, 5) is 42.7. The van der Waals surface area contributed by atoms with E-state index in [2.05, 4.69) is 20.9 Å². The fraction of sp³-hybridized carbons (Fsp3) is 0.261. The number of hydrogen-bond donors (Lipinski definition) is 1. The van der Waals surface area contributed by atoms with Gasteiger partial charge in [0.2, 0.25) is 11.1 Å². The van der Waals surface area contributed by atoms with Crippen LogP contribution in [0.4, 0.5) is 5.69 Å². The molecule has 0 aliphatic carbocycles. The van der Waals surface area contributed by atoms with Crippen molar-refractivity contribution < 1.29 is 23.7 Å². The predicted molar refractivity (Wildman–Crippen MR) is 130 cm³/mol. The number of hydrogen-bond acceptors (Lipinski definition) is 7. The molecule has 1 atom stereocenters. The van der Waals surface area contributed by atoms with Crippen molar-refractivity contribution in [2.45, 2.75) is 32.1 Å². The molecule has 1 amide bonds. The molecule has 0 saturated carbocycles. The number of amides is 1. The van der Waals surface area contributed by atoms with Crippen molar-refractivity contribution in [3.8, 4) is 22.8 Å². The Hall–Kier alpha value is -3.18. The molecule has 9 nitrogen and oxygen atoms in total. The Morgan fingerprint density at radius 3 is 2.65 bits per heavy atom. The first-order valence-corrected chi connectivity index (χ1v) is 12.2. The number of halogens is 1. The summed E-state index contributed by atoms with van der Waals surface area (Å²) in [6.45, 7) is 4.66. The van der Waals surface area contributed by atoms with Crippen LogP contribution in [0.1, 0.15) is 32.5 Å². The first-order valence-electron chi connectivity index (χ1n) is 10.4. The second kappa shape index (κ2) is 9.59. The quantitative estimate of drug-likeness (QED) is 0.226. The lowest BCUT2D eigenvalue weighted by molar-refractivity contribution is -0.763. The minimum atomic E-state index is -0.929. The van der Waals surface area contributed by atoms with E-state index in [1.54, 1.807) is 36.4 Å². The van der Waals surface area contributed by atoms with Crippen LogP contribution in [0.5, 0.6) is 11.5 Å². The number of carbonyl (C=O) groups excluding carboxylic acids is 2. The first kappa shape index (κ1) is 24.0. The van der Waals surface area contributed by atoms with E-state index in [9.17, 15) is 14.4 Å². The summed E-state index contributed by atoms with van der Waals surface area (Å²) in [7, 11) is 1.46. The molecule has 1 aliphatic heterocycles. The number of esters is 1. The molecule has 1 aromatic heterocycles. The summed E-state index contributed by atoms with van der Waals surface area (Å²) in [5, 5.41) is 5.10. The van der Waals surface area contributed by atoms with Crippen molar-refractivity contribution in [2.24, 2.45) is 0 Å². The number of methoxy groups -OCH3 is 1. The molecule has 176 valence electrons. The molecular weight excluding hydrogens is 524 g/mol. The summed E-state index contributed by atoms with van der Waals surface area (Å²) in [6, 6.07) is 10.5. The number of aromatic amines is 1. The van der Waals surface area contributed by atoms with Crippen molar-refractivity contribution in [3.05, 3.63) is 56.8 Å². The fourth-order valence-electron chi connectivity index (χ4n) is 3.98. The summed E-state index contributed by atoms with van der Waals surface area (Å²) < 4.78 is 13.2. The molecule has 34 heavy (non-hydrogen) atoms. The molecule has 0 saturated heterocycles. The summed E-state index contributed by atoms with van der Waals surface area (Å²) in [5.74, 6) is 0.272. The Morgan fingerprint density at radius 2 is 2.00 bits per heavy atom. The van der Waals surface area contributed by atoms with Gasteiger partial charge in [-0.25, -0.2) is 4.90 Å². The van der Waals surface area contributed by atoms with Crippen LogP contribution < -0.4 is 24.6 Å². The van der Waals surface area contributed by atoms with Gasteiger partial charge in [0.05, 0.1) is 23.9 Å². The third kappa shape index (κ3) is 4.21. The molecule has 0 bridgehead atoms. The summed E-state index contributed by atoms with van der Waals surface area (Å²) in [6.07, 6.45) is -0.929. The highest BCUT2D eigenvalue weighted by atomic mass is 79.9. The van der Waals surface area contributed by atoms with E-state index in [0.29, 0.717) is 32.2 Å². The Balaban J connectivity index is 2.13. The van der Waals surface area contributed by atoms with Gasteiger partial charge in [-0.05, 0) is 34.7 Å². The standard InChI is InChI=1S/C23H21BrN4O5S/c1-5-34-23-25-21(31)19-15-8-6-7-9-17(15)27(12(2)29)22(28(19)26-23)16-10-14(24)11-18(32-4)20(16)33-13(3)30/h6-11,22H,5H2,1-4H3/p+1/t22-/m0/s1. The lowest BCUT2D eigenvalue weighted by Gasteiger charge is -2.32. The molecule has 2 heterocycles. The van der Waals surface area contributed by atoms with E-state index in [1.807, 2.05) is 6.92 Å².